The molecule has 0 saturated carbocycles. The van der Waals surface area contributed by atoms with Crippen molar-refractivity contribution >= 4 is 11.9 Å². The van der Waals surface area contributed by atoms with Crippen LogP contribution in [0.2, 0.25) is 0 Å². The van der Waals surface area contributed by atoms with Crippen LogP contribution in [0.5, 0.6) is 0 Å². The minimum atomic E-state index is -0.512. The van der Waals surface area contributed by atoms with Gasteiger partial charge in [-0.2, -0.15) is 0 Å². The van der Waals surface area contributed by atoms with E-state index in [-0.39, 0.29) is 11.9 Å². The molecule has 1 aliphatic heterocycles. The average Bonchev–Trinajstić information content (AvgIpc) is 3.01. The Morgan fingerprint density at radius 1 is 1.24 bits per heavy atom. The fourth-order valence-corrected chi connectivity index (χ4v) is 2.38. The van der Waals surface area contributed by atoms with Crippen LogP contribution in [0, 0.1) is 0 Å². The van der Waals surface area contributed by atoms with Crippen LogP contribution >= 0.6 is 0 Å². The third-order valence-electron chi connectivity index (χ3n) is 3.54. The molecule has 1 aromatic carbocycles. The smallest absolute Gasteiger partial charge is 0.324 e. The van der Waals surface area contributed by atoms with Crippen LogP contribution in [-0.4, -0.2) is 39.5 Å². The van der Waals surface area contributed by atoms with E-state index < -0.39 is 6.04 Å². The predicted molar refractivity (Wildman–Crippen MR) is 76.6 cm³/mol. The Bertz CT molecular complexity index is 665. The lowest BCUT2D eigenvalue weighted by Crippen LogP contribution is -2.31. The van der Waals surface area contributed by atoms with Gasteiger partial charge in [0, 0.05) is 26.2 Å². The number of nitrogens with zero attached hydrogens (tertiary/aromatic N) is 3. The molecule has 2 heterocycles. The number of nitrogens with one attached hydrogen (secondary N) is 1. The van der Waals surface area contributed by atoms with Gasteiger partial charge in [-0.25, -0.2) is 9.78 Å². The second-order valence-electron chi connectivity index (χ2n) is 5.13. The van der Waals surface area contributed by atoms with E-state index in [1.54, 1.807) is 6.33 Å². The summed E-state index contributed by atoms with van der Waals surface area (Å²) in [5.41, 5.74) is 1.98. The lowest BCUT2D eigenvalue weighted by molar-refractivity contribution is -0.126. The standard InChI is InChI=1S/C15H16N4O2/c1-18-14(20)13(17-15(18)21)7-12-9-19(10-16-12)8-11-5-3-2-4-6-11/h2-6,9-10,13H,7-8H2,1H3,(H,17,21)/t13-/m0/s1. The van der Waals surface area contributed by atoms with Gasteiger partial charge in [0.1, 0.15) is 6.04 Å². The summed E-state index contributed by atoms with van der Waals surface area (Å²) in [6.45, 7) is 0.735. The monoisotopic (exact) mass is 284 g/mol. The summed E-state index contributed by atoms with van der Waals surface area (Å²) in [6, 6.07) is 9.21. The molecule has 108 valence electrons. The zero-order valence-corrected chi connectivity index (χ0v) is 11.7. The van der Waals surface area contributed by atoms with Crippen LogP contribution in [0.4, 0.5) is 4.79 Å². The van der Waals surface area contributed by atoms with Crippen LogP contribution < -0.4 is 5.32 Å². The fraction of sp³-hybridized carbons (Fsp3) is 0.267. The number of likely N-dealkylation sites (N-methyl/N-ethyl adjacent to an activating group) is 1. The molecule has 2 aromatic rings. The van der Waals surface area contributed by atoms with Gasteiger partial charge < -0.3 is 9.88 Å². The number of hydrogen-bond acceptors (Lipinski definition) is 3. The molecule has 0 spiro atoms. The highest BCUT2D eigenvalue weighted by atomic mass is 16.2. The van der Waals surface area contributed by atoms with Crippen LogP contribution in [-0.2, 0) is 17.8 Å². The quantitative estimate of drug-likeness (QED) is 0.853. The van der Waals surface area contributed by atoms with E-state index in [0.29, 0.717) is 6.42 Å². The molecule has 1 saturated heterocycles. The Morgan fingerprint density at radius 3 is 2.67 bits per heavy atom. The lowest BCUT2D eigenvalue weighted by Gasteiger charge is -2.05. The highest BCUT2D eigenvalue weighted by molar-refractivity contribution is 6.03. The van der Waals surface area contributed by atoms with E-state index in [4.69, 9.17) is 0 Å². The van der Waals surface area contributed by atoms with Crippen molar-refractivity contribution in [1.82, 2.24) is 19.8 Å². The van der Waals surface area contributed by atoms with E-state index >= 15 is 0 Å². The van der Waals surface area contributed by atoms with Gasteiger partial charge in [0.05, 0.1) is 12.0 Å². The largest absolute Gasteiger partial charge is 0.333 e. The summed E-state index contributed by atoms with van der Waals surface area (Å²) in [5.74, 6) is -0.211. The first-order chi connectivity index (χ1) is 10.1. The molecule has 0 radical (unpaired) electrons. The predicted octanol–water partition coefficient (Wildman–Crippen LogP) is 1.02. The number of aromatic nitrogens is 2. The molecule has 1 N–H and O–H groups in total. The number of imidazole rings is 1. The van der Waals surface area contributed by atoms with Crippen molar-refractivity contribution in [2.45, 2.75) is 19.0 Å². The second kappa shape index (κ2) is 5.40. The normalized spacial score (nSPS) is 18.1. The molecule has 3 amide bonds. The van der Waals surface area contributed by atoms with Gasteiger partial charge in [0.15, 0.2) is 0 Å². The molecule has 6 heteroatoms. The molecule has 6 nitrogen and oxygen atoms in total. The van der Waals surface area contributed by atoms with Gasteiger partial charge in [-0.15, -0.1) is 0 Å². The molecule has 1 atom stereocenters. The topological polar surface area (TPSA) is 67.2 Å². The molecule has 1 fully saturated rings. The van der Waals surface area contributed by atoms with Crippen LogP contribution in [0.3, 0.4) is 0 Å². The van der Waals surface area contributed by atoms with Crippen molar-refractivity contribution in [2.75, 3.05) is 7.05 Å². The third-order valence-corrected chi connectivity index (χ3v) is 3.54. The van der Waals surface area contributed by atoms with Gasteiger partial charge in [-0.1, -0.05) is 30.3 Å². The molecule has 0 aliphatic carbocycles. The summed E-state index contributed by atoms with van der Waals surface area (Å²) in [6.07, 6.45) is 4.06. The third kappa shape index (κ3) is 2.79. The van der Waals surface area contributed by atoms with Gasteiger partial charge in [0.25, 0.3) is 5.91 Å². The molecule has 1 aromatic heterocycles. The van der Waals surface area contributed by atoms with E-state index in [0.717, 1.165) is 17.1 Å². The van der Waals surface area contributed by atoms with Gasteiger partial charge >= 0.3 is 6.03 Å². The van der Waals surface area contributed by atoms with E-state index in [1.165, 1.54) is 12.6 Å². The summed E-state index contributed by atoms with van der Waals surface area (Å²) < 4.78 is 1.97. The molecular formula is C15H16N4O2. The summed E-state index contributed by atoms with van der Waals surface area (Å²) in [5, 5.41) is 2.65. The molecule has 3 rings (SSSR count). The minimum Gasteiger partial charge on any atom is -0.333 e. The number of imide groups is 1. The molecule has 0 unspecified atom stereocenters. The van der Waals surface area contributed by atoms with Crippen molar-refractivity contribution in [3.8, 4) is 0 Å². The Morgan fingerprint density at radius 2 is 2.00 bits per heavy atom. The highest BCUT2D eigenvalue weighted by Gasteiger charge is 2.35. The number of carbonyl (C=O) groups excluding carboxylic acids is 2. The van der Waals surface area contributed by atoms with Crippen LogP contribution in [0.25, 0.3) is 0 Å². The number of urea groups is 1. The van der Waals surface area contributed by atoms with Crippen molar-refractivity contribution in [1.29, 1.82) is 0 Å². The molecule has 0 bridgehead atoms. The minimum absolute atomic E-state index is 0.211. The first-order valence-electron chi connectivity index (χ1n) is 6.76. The van der Waals surface area contributed by atoms with Crippen molar-refractivity contribution in [2.24, 2.45) is 0 Å². The number of hydrogen-bond donors (Lipinski definition) is 1. The highest BCUT2D eigenvalue weighted by Crippen LogP contribution is 2.10. The molecular weight excluding hydrogens is 268 g/mol. The Hall–Kier alpha value is -2.63. The van der Waals surface area contributed by atoms with Gasteiger partial charge in [-0.3, -0.25) is 9.69 Å². The van der Waals surface area contributed by atoms with Crippen LogP contribution in [0.1, 0.15) is 11.3 Å². The SMILES string of the molecule is CN1C(=O)N[C@@H](Cc2cn(Cc3ccccc3)cn2)C1=O. The number of benzene rings is 1. The van der Waals surface area contributed by atoms with Crippen LogP contribution in [0.15, 0.2) is 42.9 Å². The fourth-order valence-electron chi connectivity index (χ4n) is 2.38. The Kier molecular flexibility index (Phi) is 3.43. The van der Waals surface area contributed by atoms with E-state index in [1.807, 2.05) is 29.0 Å². The van der Waals surface area contributed by atoms with Crippen molar-refractivity contribution in [3.63, 3.8) is 0 Å². The Balaban J connectivity index is 1.66. The van der Waals surface area contributed by atoms with Crippen molar-refractivity contribution in [3.05, 3.63) is 54.1 Å². The molecule has 1 aliphatic rings. The lowest BCUT2D eigenvalue weighted by atomic mass is 10.1. The summed E-state index contributed by atoms with van der Waals surface area (Å²) in [7, 11) is 1.48. The maximum Gasteiger partial charge on any atom is 0.324 e. The first-order valence-corrected chi connectivity index (χ1v) is 6.76. The summed E-state index contributed by atoms with van der Waals surface area (Å²) >= 11 is 0. The first kappa shape index (κ1) is 13.4. The zero-order chi connectivity index (χ0) is 14.8. The number of carbonyl (C=O) groups is 2. The zero-order valence-electron chi connectivity index (χ0n) is 11.7. The van der Waals surface area contributed by atoms with Crippen molar-refractivity contribution < 1.29 is 9.59 Å². The van der Waals surface area contributed by atoms with Gasteiger partial charge in [0.2, 0.25) is 0 Å². The van der Waals surface area contributed by atoms with E-state index in [9.17, 15) is 9.59 Å². The number of amides is 3. The summed E-state index contributed by atoms with van der Waals surface area (Å²) in [4.78, 5) is 28.6. The molecule has 21 heavy (non-hydrogen) atoms. The van der Waals surface area contributed by atoms with Gasteiger partial charge in [-0.05, 0) is 5.56 Å². The number of rotatable bonds is 4. The maximum absolute atomic E-state index is 11.8. The Labute approximate surface area is 122 Å². The maximum atomic E-state index is 11.8. The van der Waals surface area contributed by atoms with E-state index in [2.05, 4.69) is 22.4 Å². The average molecular weight is 284 g/mol. The second-order valence-corrected chi connectivity index (χ2v) is 5.13.